The van der Waals surface area contributed by atoms with Crippen molar-refractivity contribution in [2.45, 2.75) is 139 Å². The highest BCUT2D eigenvalue weighted by atomic mass is 32.2. The highest BCUT2D eigenvalue weighted by Crippen LogP contribution is 2.11. The number of carbonyl (C=O) groups is 12. The van der Waals surface area contributed by atoms with Crippen LogP contribution in [0.5, 0.6) is 0 Å². The first kappa shape index (κ1) is 65.8. The molecule has 0 saturated carbocycles. The molecular formula is C45H72N18O14S. The van der Waals surface area contributed by atoms with E-state index in [0.29, 0.717) is 17.9 Å². The molecule has 2 heterocycles. The number of rotatable bonds is 39. The number of aliphatic carboxylic acids is 2. The number of primary amides is 2. The van der Waals surface area contributed by atoms with Gasteiger partial charge in [-0.1, -0.05) is 0 Å². The Morgan fingerprint density at radius 1 is 0.551 bits per heavy atom. The first-order valence-corrected chi connectivity index (χ1v) is 25.9. The molecule has 0 aliphatic heterocycles. The number of guanidine groups is 1. The summed E-state index contributed by atoms with van der Waals surface area (Å²) in [5.74, 6) is -12.3. The highest BCUT2D eigenvalue weighted by molar-refractivity contribution is 7.98. The summed E-state index contributed by atoms with van der Waals surface area (Å²) in [5.41, 5.74) is 28.1. The van der Waals surface area contributed by atoms with Gasteiger partial charge in [0.2, 0.25) is 59.1 Å². The third-order valence-electron chi connectivity index (χ3n) is 11.3. The zero-order chi connectivity index (χ0) is 58.3. The number of carboxylic acid groups (broad SMARTS) is 2. The zero-order valence-corrected chi connectivity index (χ0v) is 44.0. The minimum atomic E-state index is -1.73. The van der Waals surface area contributed by atoms with E-state index in [4.69, 9.17) is 28.7 Å². The number of carbonyl (C=O) groups excluding carboxylic acids is 10. The molecule has 2 aromatic rings. The van der Waals surface area contributed by atoms with Crippen LogP contribution >= 0.6 is 11.8 Å². The molecule has 78 heavy (non-hydrogen) atoms. The molecule has 0 unspecified atom stereocenters. The van der Waals surface area contributed by atoms with E-state index in [2.05, 4.69) is 67.5 Å². The minimum Gasteiger partial charge on any atom is -0.481 e. The van der Waals surface area contributed by atoms with Crippen LogP contribution in [0.15, 0.2) is 30.0 Å². The molecule has 2 rings (SSSR count). The van der Waals surface area contributed by atoms with Crippen molar-refractivity contribution in [3.8, 4) is 0 Å². The number of amides is 10. The Bertz CT molecular complexity index is 2370. The quantitative estimate of drug-likeness (QED) is 0.0168. The van der Waals surface area contributed by atoms with E-state index in [9.17, 15) is 67.7 Å². The Balaban J connectivity index is 2.54. The van der Waals surface area contributed by atoms with Crippen molar-refractivity contribution < 1.29 is 67.7 Å². The Hall–Kier alpha value is -8.36. The van der Waals surface area contributed by atoms with Crippen LogP contribution in [-0.4, -0.2) is 181 Å². The fourth-order valence-corrected chi connectivity index (χ4v) is 7.80. The minimum absolute atomic E-state index is 0.00535. The SMILES string of the molecule is CSCC[C@H](NC(=O)[C@H](CCCCN)NC(=O)[C@H](CCCN=C(N)N)NC(=O)[C@H](Cc1cnc[nH]1)NC(=O)[C@H](CCC(=O)O)NC(=O)[C@H](CCC(N)=O)NC(=O)[C@H](Cc1cnc[nH]1)NC(C)=O)C(=O)N[C@@H](CC(=O)O)C(N)=O. The summed E-state index contributed by atoms with van der Waals surface area (Å²) in [4.78, 5) is 174. The van der Waals surface area contributed by atoms with E-state index < -0.39 is 151 Å². The maximum absolute atomic E-state index is 14.4. The Morgan fingerprint density at radius 3 is 1.35 bits per heavy atom. The Morgan fingerprint density at radius 2 is 0.962 bits per heavy atom. The lowest BCUT2D eigenvalue weighted by molar-refractivity contribution is -0.140. The van der Waals surface area contributed by atoms with E-state index in [1.54, 1.807) is 6.26 Å². The molecule has 0 radical (unpaired) electrons. The van der Waals surface area contributed by atoms with E-state index in [-0.39, 0.29) is 69.7 Å². The predicted molar refractivity (Wildman–Crippen MR) is 278 cm³/mol. The van der Waals surface area contributed by atoms with Crippen LogP contribution in [0.1, 0.15) is 88.9 Å². The molecule has 0 aliphatic rings. The van der Waals surface area contributed by atoms with Crippen molar-refractivity contribution >= 4 is 88.7 Å². The highest BCUT2D eigenvalue weighted by Gasteiger charge is 2.35. The van der Waals surface area contributed by atoms with Gasteiger partial charge in [0, 0.05) is 62.9 Å². The number of imidazole rings is 2. The van der Waals surface area contributed by atoms with Crippen molar-refractivity contribution in [2.75, 3.05) is 25.1 Å². The van der Waals surface area contributed by atoms with E-state index >= 15 is 0 Å². The van der Waals surface area contributed by atoms with Crippen LogP contribution in [0.2, 0.25) is 0 Å². The average Bonchev–Trinajstić information content (AvgIpc) is 4.10. The smallest absolute Gasteiger partial charge is 0.305 e. The monoisotopic (exact) mass is 1120 g/mol. The summed E-state index contributed by atoms with van der Waals surface area (Å²) < 4.78 is 0. The molecule has 0 fully saturated rings. The molecule has 0 spiro atoms. The standard InChI is InChI=1S/C45H72N18O14S/c1-23(64)56-32(16-24-19-51-21-54-24)43(76)60-28(8-10-34(47)65)40(73)59-29(9-11-35(66)67)41(74)63-33(17-25-20-52-22-55-25)44(77)58-27(7-5-14-53-45(49)50)39(72)57-26(6-3-4-13-46)38(71)61-30(12-15-78-2)42(75)62-31(37(48)70)18-36(68)69/h19-22,26-33H,3-18,46H2,1-2H3,(H2,47,65)(H2,48,70)(H,51,54)(H,52,55)(H,56,64)(H,57,72)(H,58,77)(H,59,73)(H,60,76)(H,61,71)(H,62,75)(H,63,74)(H,66,67)(H,68,69)(H4,49,50,53)/t26-,27-,28-,29-,30-,31-,32-,33-/m0/s1. The van der Waals surface area contributed by atoms with Gasteiger partial charge in [0.05, 0.1) is 19.1 Å². The van der Waals surface area contributed by atoms with E-state index in [1.807, 2.05) is 0 Å². The third kappa shape index (κ3) is 25.9. The van der Waals surface area contributed by atoms with Gasteiger partial charge in [-0.05, 0) is 69.9 Å². The number of carboxylic acids is 2. The lowest BCUT2D eigenvalue weighted by Crippen LogP contribution is -2.60. The number of nitrogens with two attached hydrogens (primary N) is 5. The predicted octanol–water partition coefficient (Wildman–Crippen LogP) is -6.16. The van der Waals surface area contributed by atoms with Crippen LogP contribution in [0.4, 0.5) is 0 Å². The molecule has 2 aromatic heterocycles. The van der Waals surface area contributed by atoms with Gasteiger partial charge in [0.25, 0.3) is 0 Å². The van der Waals surface area contributed by atoms with Crippen molar-refractivity contribution in [1.82, 2.24) is 62.5 Å². The van der Waals surface area contributed by atoms with Crippen molar-refractivity contribution in [2.24, 2.45) is 33.7 Å². The van der Waals surface area contributed by atoms with Crippen molar-refractivity contribution in [1.29, 1.82) is 0 Å². The van der Waals surface area contributed by atoms with E-state index in [1.165, 1.54) is 36.8 Å². The molecular weight excluding hydrogens is 1050 g/mol. The zero-order valence-electron chi connectivity index (χ0n) is 43.2. The first-order chi connectivity index (χ1) is 36.9. The second-order valence-corrected chi connectivity index (χ2v) is 18.7. The summed E-state index contributed by atoms with van der Waals surface area (Å²) in [7, 11) is 0. The maximum atomic E-state index is 14.4. The van der Waals surface area contributed by atoms with Crippen LogP contribution in [0.3, 0.4) is 0 Å². The fourth-order valence-electron chi connectivity index (χ4n) is 7.33. The summed E-state index contributed by atoms with van der Waals surface area (Å²) in [5, 5.41) is 38.6. The number of hydrogen-bond acceptors (Lipinski definition) is 17. The molecule has 0 aliphatic carbocycles. The first-order valence-electron chi connectivity index (χ1n) is 24.5. The van der Waals surface area contributed by atoms with Gasteiger partial charge >= 0.3 is 11.9 Å². The number of unbranched alkanes of at least 4 members (excludes halogenated alkanes) is 1. The van der Waals surface area contributed by atoms with Gasteiger partial charge in [-0.15, -0.1) is 0 Å². The third-order valence-corrected chi connectivity index (χ3v) is 12.0. The lowest BCUT2D eigenvalue weighted by Gasteiger charge is -2.28. The number of nitrogens with one attached hydrogen (secondary N) is 10. The van der Waals surface area contributed by atoms with Crippen molar-refractivity contribution in [3.63, 3.8) is 0 Å². The van der Waals surface area contributed by atoms with Gasteiger partial charge in [0.15, 0.2) is 5.96 Å². The summed E-state index contributed by atoms with van der Waals surface area (Å²) in [6.07, 6.45) is 4.09. The van der Waals surface area contributed by atoms with Crippen LogP contribution in [0, 0.1) is 0 Å². The van der Waals surface area contributed by atoms with Gasteiger partial charge < -0.3 is 91.4 Å². The average molecular weight is 1120 g/mol. The number of thioether (sulfide) groups is 1. The number of aromatic amines is 2. The van der Waals surface area contributed by atoms with Gasteiger partial charge in [-0.25, -0.2) is 9.97 Å². The summed E-state index contributed by atoms with van der Waals surface area (Å²) >= 11 is 1.31. The number of nitrogens with zero attached hydrogens (tertiary/aromatic N) is 3. The second kappa shape index (κ2) is 35.1. The molecule has 33 heteroatoms. The van der Waals surface area contributed by atoms with Crippen molar-refractivity contribution in [3.05, 3.63) is 36.4 Å². The maximum Gasteiger partial charge on any atom is 0.305 e. The summed E-state index contributed by atoms with van der Waals surface area (Å²) in [6, 6.07) is -12.1. The molecule has 8 atom stereocenters. The number of aromatic nitrogens is 4. The summed E-state index contributed by atoms with van der Waals surface area (Å²) in [6.45, 7) is 1.31. The van der Waals surface area contributed by atoms with Crippen LogP contribution in [0.25, 0.3) is 0 Å². The Kier molecular flexibility index (Phi) is 29.6. The number of H-pyrrole nitrogens is 2. The molecule has 432 valence electrons. The van der Waals surface area contributed by atoms with Gasteiger partial charge in [0.1, 0.15) is 48.3 Å². The topological polar surface area (TPSA) is 541 Å². The lowest BCUT2D eigenvalue weighted by atomic mass is 10.0. The Labute approximate surface area is 451 Å². The molecule has 32 nitrogen and oxygen atoms in total. The van der Waals surface area contributed by atoms with Crippen LogP contribution < -0.4 is 71.2 Å². The molecule has 10 amide bonds. The number of aliphatic imine (C=N–C) groups is 1. The van der Waals surface area contributed by atoms with Gasteiger partial charge in [-0.2, -0.15) is 11.8 Å². The fraction of sp³-hybridized carbons (Fsp3) is 0.578. The number of hydrogen-bond donors (Lipinski definition) is 17. The molecule has 0 saturated heterocycles. The van der Waals surface area contributed by atoms with Crippen LogP contribution in [-0.2, 0) is 70.4 Å². The molecule has 0 aromatic carbocycles. The largest absolute Gasteiger partial charge is 0.481 e. The molecule has 0 bridgehead atoms. The van der Waals surface area contributed by atoms with Gasteiger partial charge in [-0.3, -0.25) is 62.5 Å². The second-order valence-electron chi connectivity index (χ2n) is 17.7. The molecule has 22 N–H and O–H groups in total. The normalized spacial score (nSPS) is 13.9. The van der Waals surface area contributed by atoms with E-state index in [0.717, 1.165) is 6.92 Å².